The van der Waals surface area contributed by atoms with Gasteiger partial charge in [0.2, 0.25) is 0 Å². The molecule has 1 amide bonds. The molecule has 1 aromatic carbocycles. The molecule has 0 bridgehead atoms. The molecule has 1 rings (SSSR count). The maximum absolute atomic E-state index is 13.6. The van der Waals surface area contributed by atoms with Gasteiger partial charge in [-0.3, -0.25) is 9.59 Å². The lowest BCUT2D eigenvalue weighted by Gasteiger charge is -2.17. The lowest BCUT2D eigenvalue weighted by Crippen LogP contribution is -2.28. The van der Waals surface area contributed by atoms with Crippen LogP contribution in [-0.4, -0.2) is 35.5 Å². The van der Waals surface area contributed by atoms with Gasteiger partial charge in [-0.15, -0.1) is 0 Å². The molecule has 5 heteroatoms. The van der Waals surface area contributed by atoms with Crippen molar-refractivity contribution in [3.63, 3.8) is 0 Å². The second-order valence-electron chi connectivity index (χ2n) is 4.21. The first-order valence-corrected chi connectivity index (χ1v) is 5.65. The highest BCUT2D eigenvalue weighted by atomic mass is 19.1. The molecule has 0 aromatic heterocycles. The van der Waals surface area contributed by atoms with Gasteiger partial charge in [0.15, 0.2) is 0 Å². The summed E-state index contributed by atoms with van der Waals surface area (Å²) in [6.07, 6.45) is 0.346. The van der Waals surface area contributed by atoms with E-state index in [0.29, 0.717) is 13.0 Å². The Morgan fingerprint density at radius 3 is 2.61 bits per heavy atom. The minimum atomic E-state index is -0.905. The normalized spacial score (nSPS) is 10.2. The zero-order valence-electron chi connectivity index (χ0n) is 10.4. The minimum Gasteiger partial charge on any atom is -0.481 e. The van der Waals surface area contributed by atoms with Gasteiger partial charge >= 0.3 is 5.97 Å². The van der Waals surface area contributed by atoms with Crippen LogP contribution in [0.2, 0.25) is 0 Å². The molecule has 0 saturated carbocycles. The summed E-state index contributed by atoms with van der Waals surface area (Å²) < 4.78 is 13.6. The second-order valence-corrected chi connectivity index (χ2v) is 4.21. The molecule has 1 aromatic rings. The van der Waals surface area contributed by atoms with Gasteiger partial charge in [0.1, 0.15) is 5.82 Å². The van der Waals surface area contributed by atoms with Crippen LogP contribution in [0.3, 0.4) is 0 Å². The van der Waals surface area contributed by atoms with Crippen LogP contribution in [0, 0.1) is 12.7 Å². The fourth-order valence-corrected chi connectivity index (χ4v) is 1.57. The summed E-state index contributed by atoms with van der Waals surface area (Å²) in [5, 5.41) is 8.49. The molecule has 1 N–H and O–H groups in total. The van der Waals surface area contributed by atoms with Crippen molar-refractivity contribution >= 4 is 11.9 Å². The van der Waals surface area contributed by atoms with Crippen molar-refractivity contribution in [3.8, 4) is 0 Å². The minimum absolute atomic E-state index is 0.00595. The van der Waals surface area contributed by atoms with E-state index in [1.807, 2.05) is 0 Å². The molecule has 0 fully saturated rings. The smallest absolute Gasteiger partial charge is 0.303 e. The van der Waals surface area contributed by atoms with E-state index in [1.165, 1.54) is 24.1 Å². The number of carbonyl (C=O) groups is 2. The van der Waals surface area contributed by atoms with Crippen molar-refractivity contribution in [2.75, 3.05) is 13.6 Å². The topological polar surface area (TPSA) is 57.6 Å². The maximum atomic E-state index is 13.6. The first-order valence-electron chi connectivity index (χ1n) is 5.65. The molecule has 0 unspecified atom stereocenters. The summed E-state index contributed by atoms with van der Waals surface area (Å²) >= 11 is 0. The van der Waals surface area contributed by atoms with E-state index < -0.39 is 17.7 Å². The summed E-state index contributed by atoms with van der Waals surface area (Å²) in [7, 11) is 1.53. The summed E-state index contributed by atoms with van der Waals surface area (Å²) in [5.41, 5.74) is 0.760. The highest BCUT2D eigenvalue weighted by Gasteiger charge is 2.16. The number of nitrogens with zero attached hydrogens (tertiary/aromatic N) is 1. The monoisotopic (exact) mass is 253 g/mol. The Hall–Kier alpha value is -1.91. The van der Waals surface area contributed by atoms with E-state index in [-0.39, 0.29) is 12.0 Å². The van der Waals surface area contributed by atoms with Crippen LogP contribution in [0.25, 0.3) is 0 Å². The summed E-state index contributed by atoms with van der Waals surface area (Å²) in [6.45, 7) is 2.03. The summed E-state index contributed by atoms with van der Waals surface area (Å²) in [4.78, 5) is 23.6. The van der Waals surface area contributed by atoms with Gasteiger partial charge in [0, 0.05) is 20.0 Å². The molecule has 0 saturated heterocycles. The highest BCUT2D eigenvalue weighted by Crippen LogP contribution is 2.12. The number of rotatable bonds is 5. The Morgan fingerprint density at radius 2 is 2.06 bits per heavy atom. The highest BCUT2D eigenvalue weighted by molar-refractivity contribution is 5.94. The molecule has 98 valence electrons. The Labute approximate surface area is 105 Å². The van der Waals surface area contributed by atoms with Gasteiger partial charge in [-0.2, -0.15) is 0 Å². The van der Waals surface area contributed by atoms with Crippen molar-refractivity contribution in [1.29, 1.82) is 0 Å². The number of amides is 1. The van der Waals surface area contributed by atoms with Crippen LogP contribution < -0.4 is 0 Å². The van der Waals surface area contributed by atoms with Gasteiger partial charge in [-0.05, 0) is 31.0 Å². The molecule has 0 radical (unpaired) electrons. The van der Waals surface area contributed by atoms with E-state index >= 15 is 0 Å². The van der Waals surface area contributed by atoms with Crippen LogP contribution in [0.4, 0.5) is 4.39 Å². The van der Waals surface area contributed by atoms with Crippen LogP contribution in [0.15, 0.2) is 18.2 Å². The number of carboxylic acid groups (broad SMARTS) is 1. The van der Waals surface area contributed by atoms with Gasteiger partial charge in [0.25, 0.3) is 5.91 Å². The number of carbonyl (C=O) groups excluding carboxylic acids is 1. The van der Waals surface area contributed by atoms with Crippen molar-refractivity contribution in [1.82, 2.24) is 4.90 Å². The lowest BCUT2D eigenvalue weighted by atomic mass is 10.1. The lowest BCUT2D eigenvalue weighted by molar-refractivity contribution is -0.137. The second kappa shape index (κ2) is 6.14. The van der Waals surface area contributed by atoms with E-state index in [9.17, 15) is 14.0 Å². The van der Waals surface area contributed by atoms with Crippen LogP contribution in [-0.2, 0) is 4.79 Å². The molecule has 0 spiro atoms. The Bertz CT molecular complexity index is 460. The van der Waals surface area contributed by atoms with Gasteiger partial charge in [-0.1, -0.05) is 6.07 Å². The molecule has 0 atom stereocenters. The number of hydrogen-bond donors (Lipinski definition) is 1. The number of carboxylic acids is 1. The summed E-state index contributed by atoms with van der Waals surface area (Å²) in [5.74, 6) is -1.89. The predicted molar refractivity (Wildman–Crippen MR) is 65.0 cm³/mol. The van der Waals surface area contributed by atoms with E-state index in [0.717, 1.165) is 5.56 Å². The number of benzene rings is 1. The van der Waals surface area contributed by atoms with E-state index in [2.05, 4.69) is 0 Å². The molecule has 0 aliphatic rings. The Morgan fingerprint density at radius 1 is 1.39 bits per heavy atom. The zero-order valence-corrected chi connectivity index (χ0v) is 10.4. The fourth-order valence-electron chi connectivity index (χ4n) is 1.57. The van der Waals surface area contributed by atoms with Gasteiger partial charge in [-0.25, -0.2) is 4.39 Å². The third-order valence-corrected chi connectivity index (χ3v) is 2.59. The molecule has 4 nitrogen and oxygen atoms in total. The average molecular weight is 253 g/mol. The molecular weight excluding hydrogens is 237 g/mol. The van der Waals surface area contributed by atoms with E-state index in [4.69, 9.17) is 5.11 Å². The maximum Gasteiger partial charge on any atom is 0.303 e. The third kappa shape index (κ3) is 3.84. The predicted octanol–water partition coefficient (Wildman–Crippen LogP) is 2.07. The molecule has 0 heterocycles. The fraction of sp³-hybridized carbons (Fsp3) is 0.385. The quantitative estimate of drug-likeness (QED) is 0.874. The Balaban J connectivity index is 2.65. The number of aryl methyl sites for hydroxylation is 1. The third-order valence-electron chi connectivity index (χ3n) is 2.59. The first-order chi connectivity index (χ1) is 8.41. The molecule has 0 aliphatic carbocycles. The van der Waals surface area contributed by atoms with Crippen LogP contribution in [0.5, 0.6) is 0 Å². The molecule has 0 aliphatic heterocycles. The van der Waals surface area contributed by atoms with Crippen molar-refractivity contribution in [3.05, 3.63) is 35.1 Å². The average Bonchev–Trinajstić information content (AvgIpc) is 2.27. The van der Waals surface area contributed by atoms with E-state index in [1.54, 1.807) is 13.0 Å². The van der Waals surface area contributed by atoms with Gasteiger partial charge in [0.05, 0.1) is 5.56 Å². The standard InChI is InChI=1S/C13H16FNO3/c1-9-5-6-10(11(14)8-9)13(18)15(2)7-3-4-12(16)17/h5-6,8H,3-4,7H2,1-2H3,(H,16,17). The first kappa shape index (κ1) is 14.2. The number of halogens is 1. The largest absolute Gasteiger partial charge is 0.481 e. The number of aliphatic carboxylic acids is 1. The Kier molecular flexibility index (Phi) is 4.83. The van der Waals surface area contributed by atoms with Crippen molar-refractivity contribution in [2.45, 2.75) is 19.8 Å². The van der Waals surface area contributed by atoms with Gasteiger partial charge < -0.3 is 10.0 Å². The van der Waals surface area contributed by atoms with Crippen LogP contribution >= 0.6 is 0 Å². The molecular formula is C13H16FNO3. The molecule has 18 heavy (non-hydrogen) atoms. The van der Waals surface area contributed by atoms with Crippen molar-refractivity contribution in [2.24, 2.45) is 0 Å². The van der Waals surface area contributed by atoms with Crippen LogP contribution in [0.1, 0.15) is 28.8 Å². The zero-order chi connectivity index (χ0) is 13.7. The summed E-state index contributed by atoms with van der Waals surface area (Å²) in [6, 6.07) is 4.42. The van der Waals surface area contributed by atoms with Crippen molar-refractivity contribution < 1.29 is 19.1 Å². The SMILES string of the molecule is Cc1ccc(C(=O)N(C)CCCC(=O)O)c(F)c1. The number of hydrogen-bond acceptors (Lipinski definition) is 2.